The van der Waals surface area contributed by atoms with Crippen molar-refractivity contribution in [1.82, 2.24) is 10.3 Å². The van der Waals surface area contributed by atoms with Gasteiger partial charge in [-0.05, 0) is 49.7 Å². The van der Waals surface area contributed by atoms with Crippen molar-refractivity contribution in [3.63, 3.8) is 0 Å². The van der Waals surface area contributed by atoms with Gasteiger partial charge in [0.25, 0.3) is 5.91 Å². The molecular weight excluding hydrogens is 380 g/mol. The molecule has 2 fully saturated rings. The molecule has 0 spiro atoms. The quantitative estimate of drug-likeness (QED) is 0.578. The number of pyridine rings is 1. The lowest BCUT2D eigenvalue weighted by atomic mass is 9.95. The fraction of sp³-hybridized carbons (Fsp3) is 0.455. The fourth-order valence-electron chi connectivity index (χ4n) is 3.99. The number of carbonyl (C=O) groups is 1. The maximum atomic E-state index is 11.9. The van der Waals surface area contributed by atoms with Crippen molar-refractivity contribution in [2.75, 3.05) is 54.9 Å². The molecular formula is C22H30N6O2. The first-order chi connectivity index (χ1) is 14.6. The molecule has 2 atom stereocenters. The summed E-state index contributed by atoms with van der Waals surface area (Å²) in [5.41, 5.74) is 8.84. The number of aromatic nitrogens is 1. The minimum Gasteiger partial charge on any atom is -0.381 e. The number of ether oxygens (including phenoxy) is 1. The third-order valence-corrected chi connectivity index (χ3v) is 5.81. The average molecular weight is 411 g/mol. The van der Waals surface area contributed by atoms with Crippen LogP contribution in [-0.2, 0) is 4.74 Å². The van der Waals surface area contributed by atoms with Gasteiger partial charge in [-0.1, -0.05) is 6.92 Å². The number of primary amides is 1. The molecule has 1 aromatic carbocycles. The van der Waals surface area contributed by atoms with Crippen LogP contribution >= 0.6 is 0 Å². The van der Waals surface area contributed by atoms with E-state index in [0.29, 0.717) is 17.3 Å². The van der Waals surface area contributed by atoms with Gasteiger partial charge in [-0.15, -0.1) is 0 Å². The summed E-state index contributed by atoms with van der Waals surface area (Å²) in [5.74, 6) is 0.646. The van der Waals surface area contributed by atoms with Crippen LogP contribution in [-0.4, -0.2) is 56.3 Å². The maximum Gasteiger partial charge on any atom is 0.252 e. The number of anilines is 4. The number of piperidine rings is 1. The Labute approximate surface area is 177 Å². The van der Waals surface area contributed by atoms with Gasteiger partial charge < -0.3 is 31.3 Å². The van der Waals surface area contributed by atoms with Crippen LogP contribution in [0.25, 0.3) is 0 Å². The highest BCUT2D eigenvalue weighted by Crippen LogP contribution is 2.26. The van der Waals surface area contributed by atoms with Gasteiger partial charge in [0, 0.05) is 42.8 Å². The third-order valence-electron chi connectivity index (χ3n) is 5.81. The van der Waals surface area contributed by atoms with E-state index < -0.39 is 5.91 Å². The van der Waals surface area contributed by atoms with Gasteiger partial charge >= 0.3 is 0 Å². The first-order valence-corrected chi connectivity index (χ1v) is 10.6. The molecule has 160 valence electrons. The first-order valence-electron chi connectivity index (χ1n) is 10.6. The largest absolute Gasteiger partial charge is 0.381 e. The SMILES string of the molecule is C[C@H]1CNCC[C@H]1Nc1cc(Nc2ccc(N3CCOCC3)cc2)ncc1C(N)=O. The molecule has 0 unspecified atom stereocenters. The Morgan fingerprint density at radius 2 is 2.03 bits per heavy atom. The maximum absolute atomic E-state index is 11.9. The minimum absolute atomic E-state index is 0.285. The van der Waals surface area contributed by atoms with Crippen molar-refractivity contribution in [3.05, 3.63) is 42.1 Å². The summed E-state index contributed by atoms with van der Waals surface area (Å²) < 4.78 is 5.42. The van der Waals surface area contributed by atoms with Crippen LogP contribution < -0.4 is 26.6 Å². The number of nitrogens with two attached hydrogens (primary N) is 1. The number of amides is 1. The summed E-state index contributed by atoms with van der Waals surface area (Å²) in [7, 11) is 0. The monoisotopic (exact) mass is 410 g/mol. The molecule has 0 aliphatic carbocycles. The topological polar surface area (TPSA) is 105 Å². The van der Waals surface area contributed by atoms with Gasteiger partial charge in [-0.2, -0.15) is 0 Å². The van der Waals surface area contributed by atoms with E-state index >= 15 is 0 Å². The molecule has 1 aromatic heterocycles. The zero-order chi connectivity index (χ0) is 20.9. The van der Waals surface area contributed by atoms with E-state index in [9.17, 15) is 4.79 Å². The summed E-state index contributed by atoms with van der Waals surface area (Å²) in [6, 6.07) is 10.4. The first kappa shape index (κ1) is 20.4. The lowest BCUT2D eigenvalue weighted by molar-refractivity contribution is 0.100. The number of nitrogens with one attached hydrogen (secondary N) is 3. The molecule has 2 aliphatic heterocycles. The van der Waals surface area contributed by atoms with Gasteiger partial charge in [0.15, 0.2) is 0 Å². The normalized spacial score (nSPS) is 21.8. The zero-order valence-corrected chi connectivity index (χ0v) is 17.4. The molecule has 1 amide bonds. The number of benzene rings is 1. The van der Waals surface area contributed by atoms with E-state index in [2.05, 4.69) is 44.9 Å². The highest BCUT2D eigenvalue weighted by Gasteiger charge is 2.22. The summed E-state index contributed by atoms with van der Waals surface area (Å²) in [4.78, 5) is 18.6. The van der Waals surface area contributed by atoms with Crippen molar-refractivity contribution in [2.24, 2.45) is 11.7 Å². The van der Waals surface area contributed by atoms with Gasteiger partial charge in [-0.25, -0.2) is 4.98 Å². The summed E-state index contributed by atoms with van der Waals surface area (Å²) in [6.07, 6.45) is 2.54. The minimum atomic E-state index is -0.479. The van der Waals surface area contributed by atoms with E-state index in [1.54, 1.807) is 6.20 Å². The lowest BCUT2D eigenvalue weighted by Crippen LogP contribution is -2.42. The van der Waals surface area contributed by atoms with Gasteiger partial charge in [0.1, 0.15) is 5.82 Å². The summed E-state index contributed by atoms with van der Waals surface area (Å²) >= 11 is 0. The molecule has 8 heteroatoms. The van der Waals surface area contributed by atoms with Crippen LogP contribution in [0.2, 0.25) is 0 Å². The van der Waals surface area contributed by atoms with Gasteiger partial charge in [0.05, 0.1) is 24.5 Å². The van der Waals surface area contributed by atoms with Crippen LogP contribution in [0.15, 0.2) is 36.5 Å². The van der Waals surface area contributed by atoms with E-state index in [0.717, 1.165) is 57.2 Å². The number of rotatable bonds is 6. The average Bonchev–Trinajstić information content (AvgIpc) is 2.76. The van der Waals surface area contributed by atoms with Crippen molar-refractivity contribution >= 4 is 28.8 Å². The molecule has 2 saturated heterocycles. The second kappa shape index (κ2) is 9.32. The molecule has 2 aromatic rings. The lowest BCUT2D eigenvalue weighted by Gasteiger charge is -2.31. The second-order valence-electron chi connectivity index (χ2n) is 7.97. The van der Waals surface area contributed by atoms with E-state index in [-0.39, 0.29) is 6.04 Å². The number of nitrogens with zero attached hydrogens (tertiary/aromatic N) is 2. The smallest absolute Gasteiger partial charge is 0.252 e. The van der Waals surface area contributed by atoms with Crippen molar-refractivity contribution in [3.8, 4) is 0 Å². The second-order valence-corrected chi connectivity index (χ2v) is 7.97. The zero-order valence-electron chi connectivity index (χ0n) is 17.4. The Balaban J connectivity index is 1.49. The van der Waals surface area contributed by atoms with E-state index in [4.69, 9.17) is 10.5 Å². The summed E-state index contributed by atoms with van der Waals surface area (Å²) in [6.45, 7) is 7.46. The number of hydrogen-bond acceptors (Lipinski definition) is 7. The Morgan fingerprint density at radius 3 is 2.73 bits per heavy atom. The predicted octanol–water partition coefficient (Wildman–Crippen LogP) is 2.17. The molecule has 0 radical (unpaired) electrons. The van der Waals surface area contributed by atoms with Crippen LogP contribution in [0.3, 0.4) is 0 Å². The van der Waals surface area contributed by atoms with Crippen LogP contribution in [0.5, 0.6) is 0 Å². The molecule has 30 heavy (non-hydrogen) atoms. The number of hydrogen-bond donors (Lipinski definition) is 4. The standard InChI is InChI=1S/C22H30N6O2/c1-15-13-24-7-6-19(15)27-20-12-21(25-14-18(20)22(23)29)26-16-2-4-17(5-3-16)28-8-10-30-11-9-28/h2-5,12,14-15,19,24H,6-11,13H2,1H3,(H2,23,29)(H2,25,26,27)/t15-,19+/m0/s1. The van der Waals surface area contributed by atoms with E-state index in [1.807, 2.05) is 18.2 Å². The van der Waals surface area contributed by atoms with Gasteiger partial charge in [-0.3, -0.25) is 4.79 Å². The highest BCUT2D eigenvalue weighted by molar-refractivity contribution is 5.98. The van der Waals surface area contributed by atoms with Crippen LogP contribution in [0, 0.1) is 5.92 Å². The third kappa shape index (κ3) is 4.83. The predicted molar refractivity (Wildman–Crippen MR) is 120 cm³/mol. The highest BCUT2D eigenvalue weighted by atomic mass is 16.5. The van der Waals surface area contributed by atoms with E-state index in [1.165, 1.54) is 5.69 Å². The molecule has 4 rings (SSSR count). The Bertz CT molecular complexity index is 866. The van der Waals surface area contributed by atoms with Crippen molar-refractivity contribution in [1.29, 1.82) is 0 Å². The summed E-state index contributed by atoms with van der Waals surface area (Å²) in [5, 5.41) is 10.2. The molecule has 0 bridgehead atoms. The van der Waals surface area contributed by atoms with Crippen LogP contribution in [0.4, 0.5) is 22.9 Å². The van der Waals surface area contributed by atoms with Crippen LogP contribution in [0.1, 0.15) is 23.7 Å². The molecule has 8 nitrogen and oxygen atoms in total. The number of morpholine rings is 1. The van der Waals surface area contributed by atoms with Crippen molar-refractivity contribution in [2.45, 2.75) is 19.4 Å². The molecule has 3 heterocycles. The number of carbonyl (C=O) groups excluding carboxylic acids is 1. The molecule has 2 aliphatic rings. The Hall–Kier alpha value is -2.84. The fourth-order valence-corrected chi connectivity index (χ4v) is 3.99. The molecule has 5 N–H and O–H groups in total. The Kier molecular flexibility index (Phi) is 6.35. The van der Waals surface area contributed by atoms with Crippen molar-refractivity contribution < 1.29 is 9.53 Å². The Morgan fingerprint density at radius 1 is 1.27 bits per heavy atom. The van der Waals surface area contributed by atoms with Gasteiger partial charge in [0.2, 0.25) is 0 Å². The molecule has 0 saturated carbocycles.